The first-order valence-electron chi connectivity index (χ1n) is 11.1. The summed E-state index contributed by atoms with van der Waals surface area (Å²) >= 11 is 0. The first-order valence-corrected chi connectivity index (χ1v) is 12.7. The van der Waals surface area contributed by atoms with E-state index in [9.17, 15) is 13.2 Å². The summed E-state index contributed by atoms with van der Waals surface area (Å²) in [4.78, 5) is 22.7. The summed E-state index contributed by atoms with van der Waals surface area (Å²) in [5.74, 6) is 0.360. The number of carbonyl (C=O) groups is 1. The Labute approximate surface area is 194 Å². The number of imidazole rings is 1. The van der Waals surface area contributed by atoms with Gasteiger partial charge in [-0.3, -0.25) is 9.78 Å². The van der Waals surface area contributed by atoms with Gasteiger partial charge >= 0.3 is 0 Å². The molecule has 1 aliphatic rings. The highest BCUT2D eigenvalue weighted by Crippen LogP contribution is 2.35. The molecule has 0 unspecified atom stereocenters. The normalized spacial score (nSPS) is 15.6. The standard InChI is InChI=1S/C24H30N4O4S/c1-17(29)27(4)19-8-9-21-20(15-19)26-23(24(2,3)22-7-5-6-12-25-22)28(21)33(30,31)16-18-10-13-32-14-11-18/h5-9,12,15,18H,10-11,13-14,16H2,1-4H3. The molecule has 1 fully saturated rings. The quantitative estimate of drug-likeness (QED) is 0.548. The van der Waals surface area contributed by atoms with Crippen molar-refractivity contribution in [3.63, 3.8) is 0 Å². The third-order valence-corrected chi connectivity index (χ3v) is 8.20. The van der Waals surface area contributed by atoms with E-state index >= 15 is 0 Å². The van der Waals surface area contributed by atoms with Gasteiger partial charge in [-0.1, -0.05) is 6.07 Å². The summed E-state index contributed by atoms with van der Waals surface area (Å²) in [5.41, 5.74) is 1.64. The highest BCUT2D eigenvalue weighted by Gasteiger charge is 2.36. The molecule has 0 saturated carbocycles. The monoisotopic (exact) mass is 470 g/mol. The van der Waals surface area contributed by atoms with Crippen LogP contribution in [0.5, 0.6) is 0 Å². The Morgan fingerprint density at radius 1 is 1.21 bits per heavy atom. The zero-order valence-electron chi connectivity index (χ0n) is 19.5. The lowest BCUT2D eigenvalue weighted by molar-refractivity contribution is -0.116. The Hall–Kier alpha value is -2.78. The molecule has 0 radical (unpaired) electrons. The Morgan fingerprint density at radius 3 is 2.58 bits per heavy atom. The molecule has 1 saturated heterocycles. The molecule has 3 heterocycles. The molecule has 0 bridgehead atoms. The van der Waals surface area contributed by atoms with Crippen LogP contribution in [-0.2, 0) is 25.0 Å². The molecular formula is C24H30N4O4S. The molecule has 0 atom stereocenters. The Balaban J connectivity index is 1.90. The third-order valence-electron chi connectivity index (χ3n) is 6.39. The van der Waals surface area contributed by atoms with Gasteiger partial charge in [0.2, 0.25) is 15.9 Å². The fraction of sp³-hybridized carbons (Fsp3) is 0.458. The Morgan fingerprint density at radius 2 is 1.94 bits per heavy atom. The highest BCUT2D eigenvalue weighted by atomic mass is 32.2. The number of pyridine rings is 1. The van der Waals surface area contributed by atoms with E-state index in [2.05, 4.69) is 4.98 Å². The van der Waals surface area contributed by atoms with Gasteiger partial charge in [-0.2, -0.15) is 0 Å². The van der Waals surface area contributed by atoms with Gasteiger partial charge in [0.15, 0.2) is 0 Å². The smallest absolute Gasteiger partial charge is 0.240 e. The highest BCUT2D eigenvalue weighted by molar-refractivity contribution is 7.90. The van der Waals surface area contributed by atoms with Crippen molar-refractivity contribution in [1.82, 2.24) is 13.9 Å². The van der Waals surface area contributed by atoms with Gasteiger partial charge in [0, 0.05) is 39.1 Å². The fourth-order valence-electron chi connectivity index (χ4n) is 4.24. The van der Waals surface area contributed by atoms with Gasteiger partial charge in [-0.25, -0.2) is 17.4 Å². The number of fused-ring (bicyclic) bond motifs is 1. The number of anilines is 1. The molecule has 3 aromatic rings. The van der Waals surface area contributed by atoms with Crippen LogP contribution < -0.4 is 4.90 Å². The molecule has 2 aromatic heterocycles. The van der Waals surface area contributed by atoms with Gasteiger partial charge in [0.05, 0.1) is 27.9 Å². The van der Waals surface area contributed by atoms with Gasteiger partial charge in [-0.05, 0) is 62.9 Å². The van der Waals surface area contributed by atoms with E-state index in [1.165, 1.54) is 15.8 Å². The number of nitrogens with zero attached hydrogens (tertiary/aromatic N) is 4. The molecule has 8 nitrogen and oxygen atoms in total. The van der Waals surface area contributed by atoms with Crippen LogP contribution in [-0.4, -0.2) is 54.3 Å². The second-order valence-electron chi connectivity index (χ2n) is 9.13. The molecule has 1 amide bonds. The van der Waals surface area contributed by atoms with E-state index < -0.39 is 15.4 Å². The average Bonchev–Trinajstić information content (AvgIpc) is 3.20. The van der Waals surface area contributed by atoms with Crippen LogP contribution in [0.2, 0.25) is 0 Å². The van der Waals surface area contributed by atoms with Crippen molar-refractivity contribution in [1.29, 1.82) is 0 Å². The van der Waals surface area contributed by atoms with E-state index in [0.29, 0.717) is 35.8 Å². The topological polar surface area (TPSA) is 94.4 Å². The van der Waals surface area contributed by atoms with Crippen LogP contribution in [0.25, 0.3) is 11.0 Å². The van der Waals surface area contributed by atoms with Gasteiger partial charge < -0.3 is 9.64 Å². The summed E-state index contributed by atoms with van der Waals surface area (Å²) in [6.07, 6.45) is 3.14. The number of hydrogen-bond donors (Lipinski definition) is 0. The zero-order valence-corrected chi connectivity index (χ0v) is 20.3. The number of amides is 1. The second-order valence-corrected chi connectivity index (χ2v) is 11.0. The zero-order chi connectivity index (χ0) is 23.8. The summed E-state index contributed by atoms with van der Waals surface area (Å²) in [5, 5.41) is 0. The number of hydrogen-bond acceptors (Lipinski definition) is 6. The molecule has 0 spiro atoms. The van der Waals surface area contributed by atoms with Gasteiger partial charge in [-0.15, -0.1) is 0 Å². The van der Waals surface area contributed by atoms with Crippen LogP contribution in [0, 0.1) is 5.92 Å². The lowest BCUT2D eigenvalue weighted by atomic mass is 9.88. The van der Waals surface area contributed by atoms with E-state index in [4.69, 9.17) is 9.72 Å². The largest absolute Gasteiger partial charge is 0.381 e. The molecule has 4 rings (SSSR count). The van der Waals surface area contributed by atoms with E-state index in [1.807, 2.05) is 32.0 Å². The lowest BCUT2D eigenvalue weighted by Crippen LogP contribution is -2.32. The van der Waals surface area contributed by atoms with Crippen molar-refractivity contribution in [2.75, 3.05) is 30.9 Å². The first-order chi connectivity index (χ1) is 15.6. The number of carbonyl (C=O) groups excluding carboxylic acids is 1. The average molecular weight is 471 g/mol. The van der Waals surface area contributed by atoms with Gasteiger partial charge in [0.1, 0.15) is 5.82 Å². The van der Waals surface area contributed by atoms with Gasteiger partial charge in [0.25, 0.3) is 0 Å². The summed E-state index contributed by atoms with van der Waals surface area (Å²) in [6, 6.07) is 10.8. The number of aromatic nitrogens is 3. The van der Waals surface area contributed by atoms with E-state index in [1.54, 1.807) is 31.4 Å². The Kier molecular flexibility index (Phi) is 6.28. The molecule has 176 valence electrons. The third kappa shape index (κ3) is 4.52. The van der Waals surface area contributed by atoms with Crippen molar-refractivity contribution in [2.24, 2.45) is 5.92 Å². The fourth-order valence-corrected chi connectivity index (χ4v) is 6.31. The number of benzene rings is 1. The predicted octanol–water partition coefficient (Wildman–Crippen LogP) is 3.34. The number of rotatable bonds is 6. The minimum Gasteiger partial charge on any atom is -0.381 e. The maximum absolute atomic E-state index is 13.8. The van der Waals surface area contributed by atoms with Crippen molar-refractivity contribution >= 4 is 32.7 Å². The van der Waals surface area contributed by atoms with Crippen LogP contribution in [0.15, 0.2) is 42.6 Å². The van der Waals surface area contributed by atoms with Crippen LogP contribution >= 0.6 is 0 Å². The molecular weight excluding hydrogens is 440 g/mol. The second kappa shape index (κ2) is 8.87. The lowest BCUT2D eigenvalue weighted by Gasteiger charge is -2.26. The van der Waals surface area contributed by atoms with E-state index in [0.717, 1.165) is 18.5 Å². The van der Waals surface area contributed by atoms with Crippen LogP contribution in [0.4, 0.5) is 5.69 Å². The minimum absolute atomic E-state index is 0.0300. The minimum atomic E-state index is -3.72. The molecule has 9 heteroatoms. The number of ether oxygens (including phenoxy) is 1. The van der Waals surface area contributed by atoms with Crippen molar-refractivity contribution < 1.29 is 17.9 Å². The maximum atomic E-state index is 13.8. The molecule has 0 N–H and O–H groups in total. The molecule has 1 aliphatic heterocycles. The summed E-state index contributed by atoms with van der Waals surface area (Å²) in [7, 11) is -2.04. The molecule has 0 aliphatic carbocycles. The SMILES string of the molecule is CC(=O)N(C)c1ccc2c(c1)nc(C(C)(C)c1ccccn1)n2S(=O)(=O)CC1CCOCC1. The molecule has 1 aromatic carbocycles. The summed E-state index contributed by atoms with van der Waals surface area (Å²) < 4.78 is 34.4. The van der Waals surface area contributed by atoms with E-state index in [-0.39, 0.29) is 17.6 Å². The first kappa shape index (κ1) is 23.4. The van der Waals surface area contributed by atoms with Crippen molar-refractivity contribution in [3.05, 3.63) is 54.1 Å². The van der Waals surface area contributed by atoms with Crippen molar-refractivity contribution in [3.8, 4) is 0 Å². The van der Waals surface area contributed by atoms with Crippen molar-refractivity contribution in [2.45, 2.75) is 39.0 Å². The maximum Gasteiger partial charge on any atom is 0.240 e. The predicted molar refractivity (Wildman–Crippen MR) is 128 cm³/mol. The van der Waals surface area contributed by atoms with Crippen LogP contribution in [0.3, 0.4) is 0 Å². The molecule has 33 heavy (non-hydrogen) atoms. The summed E-state index contributed by atoms with van der Waals surface area (Å²) in [6.45, 7) is 6.51. The van der Waals surface area contributed by atoms with Crippen LogP contribution in [0.1, 0.15) is 45.1 Å². The Bertz CT molecular complexity index is 1260.